The summed E-state index contributed by atoms with van der Waals surface area (Å²) in [7, 11) is 0. The highest BCUT2D eigenvalue weighted by Gasteiger charge is 2.15. The van der Waals surface area contributed by atoms with Crippen LogP contribution in [0.1, 0.15) is 12.8 Å². The maximum atomic E-state index is 10.2. The Bertz CT molecular complexity index is 125. The molecule has 1 atom stereocenters. The first kappa shape index (κ1) is 6.49. The predicted octanol–water partition coefficient (Wildman–Crippen LogP) is 0.493. The average Bonchev–Trinajstić information content (AvgIpc) is 2.37. The number of carbonyl (C=O) groups is 1. The lowest BCUT2D eigenvalue weighted by molar-refractivity contribution is -0.105. The van der Waals surface area contributed by atoms with Crippen LogP contribution < -0.4 is 5.32 Å². The lowest BCUT2D eigenvalue weighted by Gasteiger charge is -2.05. The molecule has 1 aliphatic heterocycles. The van der Waals surface area contributed by atoms with Gasteiger partial charge in [0, 0.05) is 11.6 Å². The van der Waals surface area contributed by atoms with Crippen molar-refractivity contribution in [2.45, 2.75) is 18.9 Å². The minimum Gasteiger partial charge on any atom is -0.310 e. The Balaban J connectivity index is 2.41. The summed E-state index contributed by atoms with van der Waals surface area (Å²) in [5.74, 6) is 0. The molecule has 1 saturated heterocycles. The molecule has 0 radical (unpaired) electrons. The minimum absolute atomic E-state index is 0.266. The Morgan fingerprint density at radius 1 is 1.78 bits per heavy atom. The van der Waals surface area contributed by atoms with Gasteiger partial charge in [-0.25, -0.2) is 0 Å². The van der Waals surface area contributed by atoms with Gasteiger partial charge in [0.25, 0.3) is 0 Å². The van der Waals surface area contributed by atoms with Crippen LogP contribution in [-0.4, -0.2) is 18.9 Å². The van der Waals surface area contributed by atoms with Gasteiger partial charge in [-0.05, 0) is 19.4 Å². The van der Waals surface area contributed by atoms with Crippen molar-refractivity contribution in [3.05, 3.63) is 12.2 Å². The lowest BCUT2D eigenvalue weighted by atomic mass is 10.1. The van der Waals surface area contributed by atoms with Gasteiger partial charge in [0.15, 0.2) is 0 Å². The highest BCUT2D eigenvalue weighted by atomic mass is 16.1. The molecule has 0 aromatic rings. The number of nitrogens with one attached hydrogen (secondary N) is 1. The third-order valence-corrected chi connectivity index (χ3v) is 1.66. The third kappa shape index (κ3) is 1.39. The van der Waals surface area contributed by atoms with E-state index in [0.29, 0.717) is 5.57 Å². The standard InChI is InChI=1S/C7H11NO/c1-6(5-9)7-3-2-4-8-7/h5,7-8H,1-4H2. The van der Waals surface area contributed by atoms with Crippen LogP contribution in [0, 0.1) is 0 Å². The predicted molar refractivity (Wildman–Crippen MR) is 36.2 cm³/mol. The van der Waals surface area contributed by atoms with Gasteiger partial charge in [0.2, 0.25) is 0 Å². The summed E-state index contributed by atoms with van der Waals surface area (Å²) in [6.07, 6.45) is 3.07. The van der Waals surface area contributed by atoms with Gasteiger partial charge in [-0.15, -0.1) is 0 Å². The second-order valence-corrected chi connectivity index (χ2v) is 2.34. The van der Waals surface area contributed by atoms with Crippen molar-refractivity contribution in [2.24, 2.45) is 0 Å². The summed E-state index contributed by atoms with van der Waals surface area (Å²) in [6.45, 7) is 4.65. The molecule has 0 bridgehead atoms. The fourth-order valence-electron chi connectivity index (χ4n) is 1.08. The normalized spacial score (nSPS) is 26.0. The molecule has 0 aliphatic carbocycles. The van der Waals surface area contributed by atoms with Crippen molar-refractivity contribution in [3.8, 4) is 0 Å². The molecular weight excluding hydrogens is 114 g/mol. The van der Waals surface area contributed by atoms with Crippen molar-refractivity contribution in [2.75, 3.05) is 6.54 Å². The fourth-order valence-corrected chi connectivity index (χ4v) is 1.08. The van der Waals surface area contributed by atoms with Crippen molar-refractivity contribution in [3.63, 3.8) is 0 Å². The molecule has 1 aliphatic rings. The topological polar surface area (TPSA) is 29.1 Å². The molecule has 0 amide bonds. The molecule has 0 spiro atoms. The Morgan fingerprint density at radius 2 is 2.56 bits per heavy atom. The van der Waals surface area contributed by atoms with Crippen molar-refractivity contribution in [1.82, 2.24) is 5.32 Å². The van der Waals surface area contributed by atoms with E-state index < -0.39 is 0 Å². The molecule has 0 saturated carbocycles. The fraction of sp³-hybridized carbons (Fsp3) is 0.571. The highest BCUT2D eigenvalue weighted by molar-refractivity contribution is 5.74. The summed E-state index contributed by atoms with van der Waals surface area (Å²) in [6, 6.07) is 0.266. The van der Waals surface area contributed by atoms with Gasteiger partial charge < -0.3 is 5.32 Å². The van der Waals surface area contributed by atoms with E-state index in [1.54, 1.807) is 0 Å². The van der Waals surface area contributed by atoms with Gasteiger partial charge in [0.05, 0.1) is 0 Å². The molecule has 50 valence electrons. The molecule has 1 fully saturated rings. The summed E-state index contributed by atoms with van der Waals surface area (Å²) in [5, 5.41) is 3.18. The second-order valence-electron chi connectivity index (χ2n) is 2.34. The van der Waals surface area contributed by atoms with Gasteiger partial charge in [0.1, 0.15) is 6.29 Å². The van der Waals surface area contributed by atoms with Crippen molar-refractivity contribution in [1.29, 1.82) is 0 Å². The quantitative estimate of drug-likeness (QED) is 0.430. The monoisotopic (exact) mass is 125 g/mol. The summed E-state index contributed by atoms with van der Waals surface area (Å²) in [5.41, 5.74) is 0.688. The maximum absolute atomic E-state index is 10.2. The van der Waals surface area contributed by atoms with E-state index in [2.05, 4.69) is 11.9 Å². The molecule has 1 N–H and O–H groups in total. The Kier molecular flexibility index (Phi) is 2.01. The molecule has 2 heteroatoms. The van der Waals surface area contributed by atoms with Crippen LogP contribution in [0.2, 0.25) is 0 Å². The summed E-state index contributed by atoms with van der Waals surface area (Å²) >= 11 is 0. The first-order valence-electron chi connectivity index (χ1n) is 3.22. The molecule has 1 unspecified atom stereocenters. The average molecular weight is 125 g/mol. The molecule has 0 aromatic heterocycles. The van der Waals surface area contributed by atoms with E-state index in [1.165, 1.54) is 0 Å². The van der Waals surface area contributed by atoms with E-state index >= 15 is 0 Å². The zero-order valence-corrected chi connectivity index (χ0v) is 5.39. The van der Waals surface area contributed by atoms with Gasteiger partial charge >= 0.3 is 0 Å². The molecule has 1 rings (SSSR count). The van der Waals surface area contributed by atoms with Crippen LogP contribution in [0.3, 0.4) is 0 Å². The first-order chi connectivity index (χ1) is 4.34. The Morgan fingerprint density at radius 3 is 3.00 bits per heavy atom. The molecule has 1 heterocycles. The third-order valence-electron chi connectivity index (χ3n) is 1.66. The van der Waals surface area contributed by atoms with E-state index in [9.17, 15) is 4.79 Å². The van der Waals surface area contributed by atoms with E-state index in [4.69, 9.17) is 0 Å². The van der Waals surface area contributed by atoms with Crippen LogP contribution in [0.25, 0.3) is 0 Å². The van der Waals surface area contributed by atoms with Gasteiger partial charge in [-0.2, -0.15) is 0 Å². The van der Waals surface area contributed by atoms with Crippen molar-refractivity contribution >= 4 is 6.29 Å². The number of hydrogen-bond acceptors (Lipinski definition) is 2. The zero-order chi connectivity index (χ0) is 6.69. The van der Waals surface area contributed by atoms with Crippen LogP contribution in [0.15, 0.2) is 12.2 Å². The number of hydrogen-bond donors (Lipinski definition) is 1. The first-order valence-corrected chi connectivity index (χ1v) is 3.22. The zero-order valence-electron chi connectivity index (χ0n) is 5.39. The minimum atomic E-state index is 0.266. The second kappa shape index (κ2) is 2.78. The SMILES string of the molecule is C=C(C=O)C1CCCN1. The van der Waals surface area contributed by atoms with Gasteiger partial charge in [-0.1, -0.05) is 6.58 Å². The maximum Gasteiger partial charge on any atom is 0.147 e. The Hall–Kier alpha value is -0.630. The van der Waals surface area contributed by atoms with Crippen LogP contribution in [-0.2, 0) is 4.79 Å². The Labute approximate surface area is 54.9 Å². The molecule has 2 nitrogen and oxygen atoms in total. The largest absolute Gasteiger partial charge is 0.310 e. The van der Waals surface area contributed by atoms with Crippen LogP contribution in [0.5, 0.6) is 0 Å². The molecule has 9 heavy (non-hydrogen) atoms. The summed E-state index contributed by atoms with van der Waals surface area (Å²) < 4.78 is 0. The highest BCUT2D eigenvalue weighted by Crippen LogP contribution is 2.09. The number of rotatable bonds is 2. The summed E-state index contributed by atoms with van der Waals surface area (Å²) in [4.78, 5) is 10.2. The number of carbonyl (C=O) groups excluding carboxylic acids is 1. The van der Waals surface area contributed by atoms with Crippen molar-refractivity contribution < 1.29 is 4.79 Å². The smallest absolute Gasteiger partial charge is 0.147 e. The molecule has 0 aromatic carbocycles. The van der Waals surface area contributed by atoms with Crippen LogP contribution >= 0.6 is 0 Å². The molecular formula is C7H11NO. The van der Waals surface area contributed by atoms with E-state index in [0.717, 1.165) is 25.7 Å². The lowest BCUT2D eigenvalue weighted by Crippen LogP contribution is -2.23. The van der Waals surface area contributed by atoms with Crippen LogP contribution in [0.4, 0.5) is 0 Å². The van der Waals surface area contributed by atoms with E-state index in [-0.39, 0.29) is 6.04 Å². The van der Waals surface area contributed by atoms with Gasteiger partial charge in [-0.3, -0.25) is 4.79 Å². The van der Waals surface area contributed by atoms with E-state index in [1.807, 2.05) is 0 Å². The number of aldehydes is 1.